The van der Waals surface area contributed by atoms with E-state index in [4.69, 9.17) is 18.1 Å². The van der Waals surface area contributed by atoms with Crippen LogP contribution in [0.5, 0.6) is 0 Å². The second kappa shape index (κ2) is 13.3. The summed E-state index contributed by atoms with van der Waals surface area (Å²) in [4.78, 5) is 0. The first kappa shape index (κ1) is 26.8. The van der Waals surface area contributed by atoms with Crippen LogP contribution in [0.2, 0.25) is 0 Å². The van der Waals surface area contributed by atoms with E-state index in [1.54, 1.807) is 0 Å². The van der Waals surface area contributed by atoms with Gasteiger partial charge in [0.2, 0.25) is 0 Å². The highest BCUT2D eigenvalue weighted by Gasteiger charge is 2.26. The van der Waals surface area contributed by atoms with Crippen LogP contribution in [0.25, 0.3) is 11.1 Å². The first-order chi connectivity index (χ1) is 15.4. The van der Waals surface area contributed by atoms with Crippen LogP contribution in [0, 0.1) is 0 Å². The highest BCUT2D eigenvalue weighted by atomic mass is 31.2. The quantitative estimate of drug-likeness (QED) is 0.273. The monoisotopic (exact) mass is 486 g/mol. The maximum absolute atomic E-state index is 12.6. The topological polar surface area (TPSA) is 78.8 Å². The SMILES string of the molecule is CCOP(=O)(CC[n+]1ccc(-c2cc[n+](CCP(=O)(OCC)OCC)cc2)cc1)OCC. The lowest BCUT2D eigenvalue weighted by molar-refractivity contribution is -0.693. The maximum atomic E-state index is 12.6. The molecule has 0 aliphatic carbocycles. The molecule has 0 N–H and O–H groups in total. The average Bonchev–Trinajstić information content (AvgIpc) is 2.78. The first-order valence-corrected chi connectivity index (χ1v) is 14.6. The molecule has 0 saturated carbocycles. The Morgan fingerprint density at radius 1 is 0.594 bits per heavy atom. The molecule has 2 rings (SSSR count). The molecule has 178 valence electrons. The number of hydrogen-bond donors (Lipinski definition) is 0. The highest BCUT2D eigenvalue weighted by Crippen LogP contribution is 2.48. The lowest BCUT2D eigenvalue weighted by Crippen LogP contribution is -2.35. The van der Waals surface area contributed by atoms with Gasteiger partial charge in [-0.15, -0.1) is 0 Å². The molecule has 2 aromatic heterocycles. The molecule has 0 aliphatic rings. The van der Waals surface area contributed by atoms with Crippen molar-refractivity contribution in [1.29, 1.82) is 0 Å². The van der Waals surface area contributed by atoms with Crippen molar-refractivity contribution in [3.8, 4) is 11.1 Å². The molecule has 0 radical (unpaired) electrons. The van der Waals surface area contributed by atoms with Gasteiger partial charge in [0.1, 0.15) is 12.3 Å². The molecule has 0 spiro atoms. The largest absolute Gasteiger partial charge is 0.337 e. The Balaban J connectivity index is 1.97. The molecule has 2 heterocycles. The van der Waals surface area contributed by atoms with Crippen molar-refractivity contribution in [3.05, 3.63) is 49.1 Å². The van der Waals surface area contributed by atoms with E-state index < -0.39 is 15.2 Å². The summed E-state index contributed by atoms with van der Waals surface area (Å²) in [5, 5.41) is 0. The minimum absolute atomic E-state index is 0.331. The van der Waals surface area contributed by atoms with Gasteiger partial charge in [0.05, 0.1) is 26.4 Å². The van der Waals surface area contributed by atoms with Crippen molar-refractivity contribution in [1.82, 2.24) is 0 Å². The first-order valence-electron chi connectivity index (χ1n) is 11.1. The van der Waals surface area contributed by atoms with E-state index in [0.29, 0.717) is 51.8 Å². The van der Waals surface area contributed by atoms with Crippen LogP contribution in [0.3, 0.4) is 0 Å². The van der Waals surface area contributed by atoms with Crippen LogP contribution in [0.15, 0.2) is 49.1 Å². The van der Waals surface area contributed by atoms with Gasteiger partial charge in [0.25, 0.3) is 0 Å². The molecule has 2 aromatic rings. The van der Waals surface area contributed by atoms with E-state index in [2.05, 4.69) is 0 Å². The number of rotatable bonds is 15. The van der Waals surface area contributed by atoms with Crippen molar-refractivity contribution < 1.29 is 36.4 Å². The average molecular weight is 486 g/mol. The zero-order valence-electron chi connectivity index (χ0n) is 19.5. The third kappa shape index (κ3) is 8.51. The predicted octanol–water partition coefficient (Wildman–Crippen LogP) is 4.46. The lowest BCUT2D eigenvalue weighted by atomic mass is 10.1. The summed E-state index contributed by atoms with van der Waals surface area (Å²) in [5.41, 5.74) is 2.14. The molecule has 0 amide bonds. The van der Waals surface area contributed by atoms with E-state index in [0.717, 1.165) is 11.1 Å². The van der Waals surface area contributed by atoms with E-state index in [-0.39, 0.29) is 0 Å². The number of aryl methyl sites for hydroxylation is 2. The normalized spacial score (nSPS) is 12.2. The van der Waals surface area contributed by atoms with Gasteiger partial charge in [-0.3, -0.25) is 9.13 Å². The van der Waals surface area contributed by atoms with Crippen LogP contribution in [-0.2, 0) is 40.3 Å². The molecule has 8 nitrogen and oxygen atoms in total. The summed E-state index contributed by atoms with van der Waals surface area (Å²) >= 11 is 0. The van der Waals surface area contributed by atoms with Crippen LogP contribution in [-0.4, -0.2) is 38.8 Å². The van der Waals surface area contributed by atoms with E-state index >= 15 is 0 Å². The van der Waals surface area contributed by atoms with Gasteiger partial charge in [-0.25, -0.2) is 9.13 Å². The maximum Gasteiger partial charge on any atom is 0.337 e. The highest BCUT2D eigenvalue weighted by molar-refractivity contribution is 7.54. The Morgan fingerprint density at radius 2 is 0.875 bits per heavy atom. The fraction of sp³-hybridized carbons (Fsp3) is 0.545. The third-order valence-corrected chi connectivity index (χ3v) is 8.78. The summed E-state index contributed by atoms with van der Waals surface area (Å²) in [5.74, 6) is 0. The summed E-state index contributed by atoms with van der Waals surface area (Å²) in [6.07, 6.45) is 8.49. The van der Waals surface area contributed by atoms with Gasteiger partial charge in [-0.05, 0) is 38.8 Å². The fourth-order valence-electron chi connectivity index (χ4n) is 3.19. The van der Waals surface area contributed by atoms with E-state index in [1.807, 2.05) is 85.9 Å². The van der Waals surface area contributed by atoms with Crippen molar-refractivity contribution in [2.24, 2.45) is 0 Å². The van der Waals surface area contributed by atoms with Gasteiger partial charge in [-0.1, -0.05) is 0 Å². The van der Waals surface area contributed by atoms with Crippen LogP contribution in [0.1, 0.15) is 27.7 Å². The Hall–Kier alpha value is -1.40. The summed E-state index contributed by atoms with van der Waals surface area (Å²) in [6.45, 7) is 9.81. The van der Waals surface area contributed by atoms with Gasteiger partial charge in [0, 0.05) is 24.3 Å². The number of hydrogen-bond acceptors (Lipinski definition) is 6. The lowest BCUT2D eigenvalue weighted by Gasteiger charge is -2.15. The summed E-state index contributed by atoms with van der Waals surface area (Å²) in [7, 11) is -6.10. The Labute approximate surface area is 191 Å². The Kier molecular flexibility index (Phi) is 11.2. The fourth-order valence-corrected chi connectivity index (χ4v) is 6.38. The molecule has 0 aliphatic heterocycles. The molecule has 10 heteroatoms. The second-order valence-electron chi connectivity index (χ2n) is 6.99. The number of nitrogens with zero attached hydrogens (tertiary/aromatic N) is 2. The van der Waals surface area contributed by atoms with Crippen LogP contribution >= 0.6 is 15.2 Å². The molecular formula is C22H36N2O6P2+2. The standard InChI is InChI=1S/C22H36N2O6P2/c1-5-27-31(25,28-6-2)19-17-23-13-9-21(10-14-23)22-11-15-24(16-12-22)18-20-32(26,29-7-3)30-8-4/h9-16H,5-8,17-20H2,1-4H3/q+2. The molecule has 0 unspecified atom stereocenters. The molecule has 0 bridgehead atoms. The van der Waals surface area contributed by atoms with Gasteiger partial charge in [0.15, 0.2) is 37.9 Å². The zero-order valence-corrected chi connectivity index (χ0v) is 21.3. The Morgan fingerprint density at radius 3 is 1.12 bits per heavy atom. The van der Waals surface area contributed by atoms with Gasteiger partial charge >= 0.3 is 15.2 Å². The second-order valence-corrected chi connectivity index (χ2v) is 11.4. The third-order valence-electron chi connectivity index (χ3n) is 4.68. The molecule has 0 atom stereocenters. The number of pyridine rings is 2. The van der Waals surface area contributed by atoms with Crippen molar-refractivity contribution in [2.75, 3.05) is 38.8 Å². The number of aromatic nitrogens is 2. The Bertz CT molecular complexity index is 810. The van der Waals surface area contributed by atoms with E-state index in [1.165, 1.54) is 0 Å². The molecule has 0 saturated heterocycles. The molecule has 32 heavy (non-hydrogen) atoms. The van der Waals surface area contributed by atoms with Gasteiger partial charge < -0.3 is 18.1 Å². The van der Waals surface area contributed by atoms with Crippen molar-refractivity contribution in [3.63, 3.8) is 0 Å². The predicted molar refractivity (Wildman–Crippen MR) is 124 cm³/mol. The minimum Gasteiger partial charge on any atom is -0.309 e. The molecule has 0 fully saturated rings. The van der Waals surface area contributed by atoms with Crippen LogP contribution in [0.4, 0.5) is 0 Å². The zero-order chi connectivity index (χ0) is 23.5. The van der Waals surface area contributed by atoms with E-state index in [9.17, 15) is 9.13 Å². The van der Waals surface area contributed by atoms with Crippen molar-refractivity contribution in [2.45, 2.75) is 40.8 Å². The molecule has 0 aromatic carbocycles. The summed E-state index contributed by atoms with van der Waals surface area (Å²) < 4.78 is 50.5. The van der Waals surface area contributed by atoms with Gasteiger partial charge in [-0.2, -0.15) is 0 Å². The van der Waals surface area contributed by atoms with Crippen molar-refractivity contribution >= 4 is 15.2 Å². The van der Waals surface area contributed by atoms with Crippen LogP contribution < -0.4 is 9.13 Å². The summed E-state index contributed by atoms with van der Waals surface area (Å²) in [6, 6.07) is 8.07. The molecular weight excluding hydrogens is 450 g/mol. The minimum atomic E-state index is -3.05. The smallest absolute Gasteiger partial charge is 0.309 e.